The van der Waals surface area contributed by atoms with Crippen LogP contribution in [0.4, 0.5) is 10.1 Å². The van der Waals surface area contributed by atoms with E-state index in [1.54, 1.807) is 0 Å². The smallest absolute Gasteiger partial charge is 0.270 e. The topological polar surface area (TPSA) is 89.5 Å². The number of hydrogen-bond acceptors (Lipinski definition) is 4. The number of nitro benzene ring substituents is 1. The quantitative estimate of drug-likeness (QED) is 0.646. The maximum Gasteiger partial charge on any atom is 0.270 e. The van der Waals surface area contributed by atoms with Gasteiger partial charge in [0.15, 0.2) is 0 Å². The van der Waals surface area contributed by atoms with Crippen molar-refractivity contribution in [2.24, 2.45) is 5.73 Å². The first-order valence-electron chi connectivity index (χ1n) is 5.98. The first kappa shape index (κ1) is 13.4. The molecule has 2 rings (SSSR count). The van der Waals surface area contributed by atoms with Gasteiger partial charge in [-0.3, -0.25) is 14.9 Å². The van der Waals surface area contributed by atoms with Crippen LogP contribution in [0.3, 0.4) is 0 Å². The number of rotatable bonds is 2. The van der Waals surface area contributed by atoms with E-state index in [9.17, 15) is 19.3 Å². The molecule has 1 aromatic carbocycles. The Kier molecular flexibility index (Phi) is 3.75. The van der Waals surface area contributed by atoms with Crippen LogP contribution in [0.15, 0.2) is 18.2 Å². The number of piperidine rings is 1. The monoisotopic (exact) mass is 267 g/mol. The molecule has 19 heavy (non-hydrogen) atoms. The lowest BCUT2D eigenvalue weighted by atomic mass is 10.0. The molecular formula is C12H14FN3O3. The van der Waals surface area contributed by atoms with Crippen molar-refractivity contribution in [1.29, 1.82) is 0 Å². The molecule has 0 aromatic heterocycles. The van der Waals surface area contributed by atoms with E-state index in [4.69, 9.17) is 5.73 Å². The molecule has 102 valence electrons. The average molecular weight is 267 g/mol. The van der Waals surface area contributed by atoms with Gasteiger partial charge >= 0.3 is 0 Å². The van der Waals surface area contributed by atoms with Crippen molar-refractivity contribution >= 4 is 11.6 Å². The van der Waals surface area contributed by atoms with E-state index in [0.717, 1.165) is 31.0 Å². The molecule has 1 aromatic rings. The molecule has 2 N–H and O–H groups in total. The van der Waals surface area contributed by atoms with Gasteiger partial charge in [0, 0.05) is 31.3 Å². The zero-order valence-corrected chi connectivity index (χ0v) is 10.2. The van der Waals surface area contributed by atoms with Crippen LogP contribution in [0.2, 0.25) is 0 Å². The fraction of sp³-hybridized carbons (Fsp3) is 0.417. The molecule has 1 aliphatic heterocycles. The van der Waals surface area contributed by atoms with Gasteiger partial charge in [0.25, 0.3) is 11.6 Å². The molecule has 0 unspecified atom stereocenters. The van der Waals surface area contributed by atoms with Crippen LogP contribution in [0.25, 0.3) is 0 Å². The number of nitrogens with zero attached hydrogens (tertiary/aromatic N) is 2. The summed E-state index contributed by atoms with van der Waals surface area (Å²) in [6.45, 7) is 0.843. The Morgan fingerprint density at radius 2 is 2.26 bits per heavy atom. The van der Waals surface area contributed by atoms with E-state index in [1.807, 2.05) is 0 Å². The summed E-state index contributed by atoms with van der Waals surface area (Å²) in [5.74, 6) is -1.30. The van der Waals surface area contributed by atoms with E-state index < -0.39 is 16.6 Å². The van der Waals surface area contributed by atoms with Gasteiger partial charge in [0.1, 0.15) is 5.82 Å². The van der Waals surface area contributed by atoms with Crippen LogP contribution in [-0.4, -0.2) is 34.9 Å². The lowest BCUT2D eigenvalue weighted by Gasteiger charge is -2.30. The van der Waals surface area contributed by atoms with Crippen molar-refractivity contribution in [3.63, 3.8) is 0 Å². The van der Waals surface area contributed by atoms with Crippen molar-refractivity contribution in [3.05, 3.63) is 39.7 Å². The van der Waals surface area contributed by atoms with Crippen molar-refractivity contribution in [2.45, 2.75) is 18.9 Å². The number of carbonyl (C=O) groups is 1. The zero-order chi connectivity index (χ0) is 14.0. The van der Waals surface area contributed by atoms with Crippen LogP contribution in [-0.2, 0) is 0 Å². The maximum atomic E-state index is 13.6. The fourth-order valence-electron chi connectivity index (χ4n) is 2.16. The predicted molar refractivity (Wildman–Crippen MR) is 66.2 cm³/mol. The first-order chi connectivity index (χ1) is 8.99. The third kappa shape index (κ3) is 2.87. The third-order valence-electron chi connectivity index (χ3n) is 3.14. The number of amides is 1. The minimum Gasteiger partial charge on any atom is -0.337 e. The van der Waals surface area contributed by atoms with Gasteiger partial charge in [-0.2, -0.15) is 0 Å². The van der Waals surface area contributed by atoms with Gasteiger partial charge in [0.05, 0.1) is 10.5 Å². The summed E-state index contributed by atoms with van der Waals surface area (Å²) in [6, 6.07) is 2.82. The highest BCUT2D eigenvalue weighted by Gasteiger charge is 2.25. The third-order valence-corrected chi connectivity index (χ3v) is 3.14. The second-order valence-corrected chi connectivity index (χ2v) is 4.57. The Labute approximate surface area is 109 Å². The number of hydrogen-bond donors (Lipinski definition) is 1. The predicted octanol–water partition coefficient (Wildman–Crippen LogP) is 1.30. The standard InChI is InChI=1S/C12H14FN3O3/c13-11-4-3-9(16(18)19)6-10(11)12(17)15-5-1-2-8(14)7-15/h3-4,6,8H,1-2,5,7,14H2/t8-/m1/s1. The average Bonchev–Trinajstić information content (AvgIpc) is 2.38. The molecule has 1 amide bonds. The minimum atomic E-state index is -0.755. The number of likely N-dealkylation sites (tertiary alicyclic amines) is 1. The molecule has 7 heteroatoms. The molecule has 1 atom stereocenters. The van der Waals surface area contributed by atoms with Crippen LogP contribution in [0.5, 0.6) is 0 Å². The molecule has 0 spiro atoms. The summed E-state index contributed by atoms with van der Waals surface area (Å²) in [6.07, 6.45) is 1.57. The molecule has 1 aliphatic rings. The molecule has 1 saturated heterocycles. The van der Waals surface area contributed by atoms with Gasteiger partial charge in [0.2, 0.25) is 0 Å². The second-order valence-electron chi connectivity index (χ2n) is 4.57. The summed E-state index contributed by atoms with van der Waals surface area (Å²) >= 11 is 0. The summed E-state index contributed by atoms with van der Waals surface area (Å²) in [5.41, 5.74) is 5.19. The highest BCUT2D eigenvalue weighted by molar-refractivity contribution is 5.95. The lowest BCUT2D eigenvalue weighted by Crippen LogP contribution is -2.45. The molecular weight excluding hydrogens is 253 g/mol. The number of nitro groups is 1. The van der Waals surface area contributed by atoms with Crippen LogP contribution < -0.4 is 5.73 Å². The molecule has 0 aliphatic carbocycles. The Hall–Kier alpha value is -2.02. The van der Waals surface area contributed by atoms with Gasteiger partial charge in [-0.1, -0.05) is 0 Å². The molecule has 0 radical (unpaired) electrons. The Morgan fingerprint density at radius 3 is 2.89 bits per heavy atom. The summed E-state index contributed by atoms with van der Waals surface area (Å²) < 4.78 is 13.6. The van der Waals surface area contributed by atoms with Gasteiger partial charge in [-0.15, -0.1) is 0 Å². The normalized spacial score (nSPS) is 19.3. The van der Waals surface area contributed by atoms with Crippen LogP contribution in [0, 0.1) is 15.9 Å². The van der Waals surface area contributed by atoms with E-state index >= 15 is 0 Å². The van der Waals surface area contributed by atoms with Crippen LogP contribution >= 0.6 is 0 Å². The van der Waals surface area contributed by atoms with E-state index in [0.29, 0.717) is 13.1 Å². The van der Waals surface area contributed by atoms with Gasteiger partial charge in [-0.25, -0.2) is 4.39 Å². The highest BCUT2D eigenvalue weighted by atomic mass is 19.1. The lowest BCUT2D eigenvalue weighted by molar-refractivity contribution is -0.384. The van der Waals surface area contributed by atoms with E-state index in [1.165, 1.54) is 4.90 Å². The maximum absolute atomic E-state index is 13.6. The molecule has 6 nitrogen and oxygen atoms in total. The van der Waals surface area contributed by atoms with Crippen molar-refractivity contribution in [1.82, 2.24) is 4.90 Å². The van der Waals surface area contributed by atoms with Gasteiger partial charge in [-0.05, 0) is 18.9 Å². The second kappa shape index (κ2) is 5.31. The summed E-state index contributed by atoms with van der Waals surface area (Å²) in [5, 5.41) is 10.7. The van der Waals surface area contributed by atoms with Crippen molar-refractivity contribution in [3.8, 4) is 0 Å². The first-order valence-corrected chi connectivity index (χ1v) is 5.98. The number of carbonyl (C=O) groups excluding carboxylic acids is 1. The minimum absolute atomic E-state index is 0.126. The Balaban J connectivity index is 2.27. The molecule has 1 heterocycles. The highest BCUT2D eigenvalue weighted by Crippen LogP contribution is 2.20. The Morgan fingerprint density at radius 1 is 1.53 bits per heavy atom. The number of halogens is 1. The largest absolute Gasteiger partial charge is 0.337 e. The van der Waals surface area contributed by atoms with Gasteiger partial charge < -0.3 is 10.6 Å². The number of non-ortho nitro benzene ring substituents is 1. The number of nitrogens with two attached hydrogens (primary N) is 1. The van der Waals surface area contributed by atoms with E-state index in [2.05, 4.69) is 0 Å². The Bertz CT molecular complexity index is 521. The van der Waals surface area contributed by atoms with Crippen molar-refractivity contribution in [2.75, 3.05) is 13.1 Å². The van der Waals surface area contributed by atoms with E-state index in [-0.39, 0.29) is 17.3 Å². The fourth-order valence-corrected chi connectivity index (χ4v) is 2.16. The summed E-state index contributed by atoms with van der Waals surface area (Å²) in [7, 11) is 0. The number of benzene rings is 1. The van der Waals surface area contributed by atoms with Crippen LogP contribution in [0.1, 0.15) is 23.2 Å². The zero-order valence-electron chi connectivity index (χ0n) is 10.2. The molecule has 0 bridgehead atoms. The SMILES string of the molecule is N[C@@H]1CCCN(C(=O)c2cc([N+](=O)[O-])ccc2F)C1. The molecule has 1 fully saturated rings. The molecule has 0 saturated carbocycles. The van der Waals surface area contributed by atoms with Crippen molar-refractivity contribution < 1.29 is 14.1 Å². The summed E-state index contributed by atoms with van der Waals surface area (Å²) in [4.78, 5) is 23.6.